The lowest BCUT2D eigenvalue weighted by Gasteiger charge is -2.36. The van der Waals surface area contributed by atoms with Gasteiger partial charge in [0.2, 0.25) is 0 Å². The standard InChI is InChI=1S/C11H21N3/c12-11(3-4-11)9-13-5-7-14(8-6-13)10-1-2-10/h10H,1-9,12H2. The molecule has 0 aromatic carbocycles. The Labute approximate surface area is 86.2 Å². The summed E-state index contributed by atoms with van der Waals surface area (Å²) in [4.78, 5) is 5.22. The molecule has 1 saturated heterocycles. The SMILES string of the molecule is NC1(CN2CCN(C3CC3)CC2)CC1. The molecule has 0 radical (unpaired) electrons. The second-order valence-corrected chi connectivity index (χ2v) is 5.41. The molecule has 3 fully saturated rings. The fourth-order valence-corrected chi connectivity index (χ4v) is 2.49. The van der Waals surface area contributed by atoms with Crippen LogP contribution in [0.15, 0.2) is 0 Å². The van der Waals surface area contributed by atoms with Crippen LogP contribution in [-0.4, -0.2) is 54.1 Å². The van der Waals surface area contributed by atoms with Crippen LogP contribution in [0.2, 0.25) is 0 Å². The summed E-state index contributed by atoms with van der Waals surface area (Å²) in [7, 11) is 0. The Balaban J connectivity index is 1.45. The summed E-state index contributed by atoms with van der Waals surface area (Å²) in [5.41, 5.74) is 6.34. The average molecular weight is 195 g/mol. The van der Waals surface area contributed by atoms with Crippen molar-refractivity contribution in [3.63, 3.8) is 0 Å². The van der Waals surface area contributed by atoms with Crippen molar-refractivity contribution in [2.75, 3.05) is 32.7 Å². The minimum atomic E-state index is 0.210. The fraction of sp³-hybridized carbons (Fsp3) is 1.00. The van der Waals surface area contributed by atoms with Gasteiger partial charge in [-0.1, -0.05) is 0 Å². The third-order valence-corrected chi connectivity index (χ3v) is 3.90. The monoisotopic (exact) mass is 195 g/mol. The maximum absolute atomic E-state index is 6.13. The molecule has 0 atom stereocenters. The van der Waals surface area contributed by atoms with Gasteiger partial charge in [0.05, 0.1) is 0 Å². The first-order valence-corrected chi connectivity index (χ1v) is 6.01. The number of hydrogen-bond donors (Lipinski definition) is 1. The van der Waals surface area contributed by atoms with Gasteiger partial charge in [-0.25, -0.2) is 0 Å². The lowest BCUT2D eigenvalue weighted by molar-refractivity contribution is 0.119. The Hall–Kier alpha value is -0.120. The Morgan fingerprint density at radius 3 is 2.21 bits per heavy atom. The van der Waals surface area contributed by atoms with Crippen LogP contribution in [0.1, 0.15) is 25.7 Å². The average Bonchev–Trinajstić information content (AvgIpc) is 3.03. The normalized spacial score (nSPS) is 33.2. The maximum Gasteiger partial charge on any atom is 0.0284 e. The summed E-state index contributed by atoms with van der Waals surface area (Å²) in [6.07, 6.45) is 5.38. The molecule has 3 heteroatoms. The summed E-state index contributed by atoms with van der Waals surface area (Å²) in [5.74, 6) is 0. The van der Waals surface area contributed by atoms with E-state index in [9.17, 15) is 0 Å². The number of piperazine rings is 1. The van der Waals surface area contributed by atoms with Gasteiger partial charge < -0.3 is 5.73 Å². The Kier molecular flexibility index (Phi) is 2.08. The van der Waals surface area contributed by atoms with Gasteiger partial charge >= 0.3 is 0 Å². The van der Waals surface area contributed by atoms with Gasteiger partial charge in [-0.2, -0.15) is 0 Å². The van der Waals surface area contributed by atoms with Crippen molar-refractivity contribution in [1.82, 2.24) is 9.80 Å². The molecule has 0 unspecified atom stereocenters. The molecular formula is C11H21N3. The second-order valence-electron chi connectivity index (χ2n) is 5.41. The Bertz CT molecular complexity index is 213. The van der Waals surface area contributed by atoms with Gasteiger partial charge in [-0.15, -0.1) is 0 Å². The molecule has 0 aromatic rings. The lowest BCUT2D eigenvalue weighted by Crippen LogP contribution is -2.51. The number of nitrogens with zero attached hydrogens (tertiary/aromatic N) is 2. The summed E-state index contributed by atoms with van der Waals surface area (Å²) >= 11 is 0. The van der Waals surface area contributed by atoms with E-state index < -0.39 is 0 Å². The van der Waals surface area contributed by atoms with Crippen molar-refractivity contribution in [1.29, 1.82) is 0 Å². The van der Waals surface area contributed by atoms with E-state index in [0.717, 1.165) is 12.6 Å². The predicted octanol–water partition coefficient (Wildman–Crippen LogP) is 0.258. The van der Waals surface area contributed by atoms with E-state index in [4.69, 9.17) is 5.73 Å². The van der Waals surface area contributed by atoms with Crippen LogP contribution in [0.5, 0.6) is 0 Å². The number of hydrogen-bond acceptors (Lipinski definition) is 3. The third kappa shape index (κ3) is 1.95. The highest BCUT2D eigenvalue weighted by Crippen LogP contribution is 2.33. The van der Waals surface area contributed by atoms with Crippen LogP contribution in [-0.2, 0) is 0 Å². The van der Waals surface area contributed by atoms with Crippen LogP contribution in [0.3, 0.4) is 0 Å². The van der Waals surface area contributed by atoms with Crippen LogP contribution >= 0.6 is 0 Å². The van der Waals surface area contributed by atoms with Gasteiger partial charge in [-0.3, -0.25) is 9.80 Å². The van der Waals surface area contributed by atoms with E-state index in [1.54, 1.807) is 0 Å². The molecule has 3 nitrogen and oxygen atoms in total. The number of rotatable bonds is 3. The molecule has 0 spiro atoms. The van der Waals surface area contributed by atoms with Crippen molar-refractivity contribution in [3.05, 3.63) is 0 Å². The molecule has 0 amide bonds. The highest BCUT2D eigenvalue weighted by atomic mass is 15.3. The maximum atomic E-state index is 6.13. The first-order valence-electron chi connectivity index (χ1n) is 6.01. The van der Waals surface area contributed by atoms with E-state index in [1.165, 1.54) is 51.9 Å². The molecule has 0 aromatic heterocycles. The molecule has 14 heavy (non-hydrogen) atoms. The van der Waals surface area contributed by atoms with Gasteiger partial charge in [0, 0.05) is 44.3 Å². The van der Waals surface area contributed by atoms with E-state index in [2.05, 4.69) is 9.80 Å². The summed E-state index contributed by atoms with van der Waals surface area (Å²) in [5, 5.41) is 0. The summed E-state index contributed by atoms with van der Waals surface area (Å²) in [6, 6.07) is 0.949. The topological polar surface area (TPSA) is 32.5 Å². The van der Waals surface area contributed by atoms with Gasteiger partial charge in [-0.05, 0) is 25.7 Å². The van der Waals surface area contributed by atoms with Crippen molar-refractivity contribution >= 4 is 0 Å². The van der Waals surface area contributed by atoms with Crippen molar-refractivity contribution < 1.29 is 0 Å². The molecule has 1 aliphatic heterocycles. The second kappa shape index (κ2) is 3.19. The van der Waals surface area contributed by atoms with Crippen LogP contribution in [0.4, 0.5) is 0 Å². The largest absolute Gasteiger partial charge is 0.324 e. The zero-order valence-electron chi connectivity index (χ0n) is 8.91. The predicted molar refractivity (Wildman–Crippen MR) is 57.2 cm³/mol. The van der Waals surface area contributed by atoms with E-state index in [-0.39, 0.29) is 5.54 Å². The molecular weight excluding hydrogens is 174 g/mol. The molecule has 3 rings (SSSR count). The molecule has 80 valence electrons. The van der Waals surface area contributed by atoms with Gasteiger partial charge in [0.1, 0.15) is 0 Å². The highest BCUT2D eigenvalue weighted by Gasteiger charge is 2.40. The zero-order valence-corrected chi connectivity index (χ0v) is 8.91. The third-order valence-electron chi connectivity index (χ3n) is 3.90. The van der Waals surface area contributed by atoms with Crippen LogP contribution < -0.4 is 5.73 Å². The first kappa shape index (κ1) is 9.13. The molecule has 2 N–H and O–H groups in total. The smallest absolute Gasteiger partial charge is 0.0284 e. The lowest BCUT2D eigenvalue weighted by atomic mass is 10.2. The van der Waals surface area contributed by atoms with Crippen LogP contribution in [0.25, 0.3) is 0 Å². The highest BCUT2D eigenvalue weighted by molar-refractivity contribution is 5.01. The molecule has 2 saturated carbocycles. The van der Waals surface area contributed by atoms with Crippen molar-refractivity contribution in [2.24, 2.45) is 5.73 Å². The molecule has 1 heterocycles. The van der Waals surface area contributed by atoms with Gasteiger partial charge in [0.25, 0.3) is 0 Å². The van der Waals surface area contributed by atoms with E-state index >= 15 is 0 Å². The minimum Gasteiger partial charge on any atom is -0.324 e. The fourth-order valence-electron chi connectivity index (χ4n) is 2.49. The first-order chi connectivity index (χ1) is 6.75. The Morgan fingerprint density at radius 1 is 1.07 bits per heavy atom. The van der Waals surface area contributed by atoms with Crippen molar-refractivity contribution in [3.8, 4) is 0 Å². The summed E-state index contributed by atoms with van der Waals surface area (Å²) < 4.78 is 0. The summed E-state index contributed by atoms with van der Waals surface area (Å²) in [6.45, 7) is 6.19. The Morgan fingerprint density at radius 2 is 1.71 bits per heavy atom. The van der Waals surface area contributed by atoms with Crippen molar-refractivity contribution in [2.45, 2.75) is 37.3 Å². The quantitative estimate of drug-likeness (QED) is 0.701. The number of nitrogens with two attached hydrogens (primary N) is 1. The molecule has 3 aliphatic rings. The van der Waals surface area contributed by atoms with Gasteiger partial charge in [0.15, 0.2) is 0 Å². The van der Waals surface area contributed by atoms with Crippen LogP contribution in [0, 0.1) is 0 Å². The van der Waals surface area contributed by atoms with E-state index in [0.29, 0.717) is 0 Å². The molecule has 0 bridgehead atoms. The molecule has 2 aliphatic carbocycles. The van der Waals surface area contributed by atoms with E-state index in [1.807, 2.05) is 0 Å². The minimum absolute atomic E-state index is 0.210. The zero-order chi connectivity index (χ0) is 9.60.